The van der Waals surface area contributed by atoms with Gasteiger partial charge in [-0.15, -0.1) is 0 Å². The van der Waals surface area contributed by atoms with Crippen molar-refractivity contribution < 1.29 is 18.9 Å². The molecule has 0 radical (unpaired) electrons. The van der Waals surface area contributed by atoms with Crippen LogP contribution >= 0.6 is 0 Å². The Morgan fingerprint density at radius 1 is 1.29 bits per heavy atom. The van der Waals surface area contributed by atoms with Gasteiger partial charge in [0.05, 0.1) is 10.5 Å². The number of carbonyl (C=O) groups excluding carboxylic acids is 2. The summed E-state index contributed by atoms with van der Waals surface area (Å²) < 4.78 is 13.5. The van der Waals surface area contributed by atoms with Crippen LogP contribution in [-0.4, -0.2) is 29.8 Å². The molecule has 0 unspecified atom stereocenters. The first-order valence-corrected chi connectivity index (χ1v) is 6.44. The van der Waals surface area contributed by atoms with Crippen molar-refractivity contribution >= 4 is 17.5 Å². The molecule has 2 N–H and O–H groups in total. The molecule has 0 atom stereocenters. The molecule has 1 rings (SSSR count). The molecule has 0 aromatic heterocycles. The molecular weight excluding hydrogens is 281 g/mol. The van der Waals surface area contributed by atoms with Gasteiger partial charge in [0.1, 0.15) is 5.82 Å². The molecule has 114 valence electrons. The summed E-state index contributed by atoms with van der Waals surface area (Å²) in [6.45, 7) is 2.48. The number of nitro benzene ring substituents is 1. The van der Waals surface area contributed by atoms with Crippen LogP contribution in [0.1, 0.15) is 30.1 Å². The van der Waals surface area contributed by atoms with E-state index in [1.54, 1.807) is 0 Å². The van der Waals surface area contributed by atoms with Crippen LogP contribution in [0.25, 0.3) is 0 Å². The number of hydrogen-bond acceptors (Lipinski definition) is 4. The number of non-ortho nitro benzene ring substituents is 1. The number of nitrogens with zero attached hydrogens (tertiary/aromatic N) is 1. The smallest absolute Gasteiger partial charge is 0.270 e. The molecule has 1 aromatic carbocycles. The van der Waals surface area contributed by atoms with Crippen molar-refractivity contribution in [1.29, 1.82) is 0 Å². The minimum Gasteiger partial charge on any atom is -0.356 e. The highest BCUT2D eigenvalue weighted by Crippen LogP contribution is 2.16. The molecule has 0 bridgehead atoms. The molecule has 7 nitrogen and oxygen atoms in total. The van der Waals surface area contributed by atoms with E-state index in [0.29, 0.717) is 6.54 Å². The highest BCUT2D eigenvalue weighted by molar-refractivity contribution is 5.95. The lowest BCUT2D eigenvalue weighted by Crippen LogP contribution is -2.31. The second kappa shape index (κ2) is 7.93. The van der Waals surface area contributed by atoms with Gasteiger partial charge in [-0.05, 0) is 12.5 Å². The normalized spacial score (nSPS) is 10.0. The van der Waals surface area contributed by atoms with Crippen LogP contribution in [0.5, 0.6) is 0 Å². The first-order chi connectivity index (χ1) is 9.95. The summed E-state index contributed by atoms with van der Waals surface area (Å²) in [6, 6.07) is 2.70. The summed E-state index contributed by atoms with van der Waals surface area (Å²) in [5, 5.41) is 15.6. The maximum absolute atomic E-state index is 13.5. The van der Waals surface area contributed by atoms with Crippen LogP contribution in [0.15, 0.2) is 18.2 Å². The third-order valence-electron chi connectivity index (χ3n) is 2.62. The number of carbonyl (C=O) groups is 2. The van der Waals surface area contributed by atoms with Crippen LogP contribution in [0.3, 0.4) is 0 Å². The molecule has 8 heteroatoms. The lowest BCUT2D eigenvalue weighted by atomic mass is 10.1. The first-order valence-electron chi connectivity index (χ1n) is 6.44. The lowest BCUT2D eigenvalue weighted by molar-refractivity contribution is -0.384. The predicted molar refractivity (Wildman–Crippen MR) is 73.3 cm³/mol. The summed E-state index contributed by atoms with van der Waals surface area (Å²) in [6.07, 6.45) is 0.860. The quantitative estimate of drug-likeness (QED) is 0.586. The molecule has 2 amide bonds. The van der Waals surface area contributed by atoms with E-state index < -0.39 is 22.2 Å². The van der Waals surface area contributed by atoms with E-state index in [4.69, 9.17) is 0 Å². The second-order valence-corrected chi connectivity index (χ2v) is 4.28. The number of rotatable bonds is 7. The minimum atomic E-state index is -0.853. The van der Waals surface area contributed by atoms with Crippen molar-refractivity contribution in [2.24, 2.45) is 0 Å². The van der Waals surface area contributed by atoms with E-state index in [9.17, 15) is 24.1 Å². The number of hydrogen-bond donors (Lipinski definition) is 2. The summed E-state index contributed by atoms with van der Waals surface area (Å²) in [5.74, 6) is -1.87. The van der Waals surface area contributed by atoms with E-state index in [0.717, 1.165) is 24.6 Å². The number of amides is 2. The van der Waals surface area contributed by atoms with Crippen molar-refractivity contribution in [3.63, 3.8) is 0 Å². The van der Waals surface area contributed by atoms with Gasteiger partial charge in [0, 0.05) is 31.6 Å². The minimum absolute atomic E-state index is 0.0243. The first kappa shape index (κ1) is 16.5. The fourth-order valence-corrected chi connectivity index (χ4v) is 1.54. The molecule has 0 saturated carbocycles. The van der Waals surface area contributed by atoms with E-state index in [1.165, 1.54) is 0 Å². The van der Waals surface area contributed by atoms with E-state index in [-0.39, 0.29) is 24.6 Å². The molecule has 21 heavy (non-hydrogen) atoms. The fraction of sp³-hybridized carbons (Fsp3) is 0.385. The maximum atomic E-state index is 13.5. The lowest BCUT2D eigenvalue weighted by Gasteiger charge is -2.06. The van der Waals surface area contributed by atoms with Crippen LogP contribution in [0, 0.1) is 15.9 Å². The van der Waals surface area contributed by atoms with Crippen LogP contribution in [0.4, 0.5) is 10.1 Å². The van der Waals surface area contributed by atoms with Crippen molar-refractivity contribution in [1.82, 2.24) is 10.6 Å². The Morgan fingerprint density at radius 3 is 2.62 bits per heavy atom. The summed E-state index contributed by atoms with van der Waals surface area (Å²) in [5.41, 5.74) is -0.791. The van der Waals surface area contributed by atoms with E-state index in [1.807, 2.05) is 6.92 Å². The van der Waals surface area contributed by atoms with Gasteiger partial charge in [-0.2, -0.15) is 0 Å². The molecule has 0 aliphatic heterocycles. The van der Waals surface area contributed by atoms with Crippen LogP contribution < -0.4 is 10.6 Å². The average molecular weight is 297 g/mol. The Bertz CT molecular complexity index is 548. The molecule has 0 heterocycles. The van der Waals surface area contributed by atoms with Crippen molar-refractivity contribution in [2.75, 3.05) is 13.1 Å². The average Bonchev–Trinajstić information content (AvgIpc) is 2.45. The molecule has 1 aromatic rings. The Labute approximate surface area is 120 Å². The molecular formula is C13H16FN3O4. The van der Waals surface area contributed by atoms with Crippen LogP contribution in [-0.2, 0) is 4.79 Å². The van der Waals surface area contributed by atoms with Crippen molar-refractivity contribution in [3.05, 3.63) is 39.7 Å². The molecule has 0 fully saturated rings. The zero-order valence-corrected chi connectivity index (χ0v) is 11.5. The Kier molecular flexibility index (Phi) is 6.25. The highest BCUT2D eigenvalue weighted by atomic mass is 19.1. The summed E-state index contributed by atoms with van der Waals surface area (Å²) in [7, 11) is 0. The SMILES string of the molecule is CCCNC(=O)CCNC(=O)c1cc([N+](=O)[O-])ccc1F. The Balaban J connectivity index is 2.58. The van der Waals surface area contributed by atoms with E-state index in [2.05, 4.69) is 10.6 Å². The molecule has 0 saturated heterocycles. The van der Waals surface area contributed by atoms with Gasteiger partial charge in [0.25, 0.3) is 11.6 Å². The van der Waals surface area contributed by atoms with Gasteiger partial charge in [-0.25, -0.2) is 4.39 Å². The number of nitro groups is 1. The van der Waals surface area contributed by atoms with Gasteiger partial charge >= 0.3 is 0 Å². The Hall–Kier alpha value is -2.51. The topological polar surface area (TPSA) is 101 Å². The van der Waals surface area contributed by atoms with Gasteiger partial charge in [0.2, 0.25) is 5.91 Å². The zero-order valence-electron chi connectivity index (χ0n) is 11.5. The van der Waals surface area contributed by atoms with Gasteiger partial charge in [-0.1, -0.05) is 6.92 Å². The largest absolute Gasteiger partial charge is 0.356 e. The number of halogens is 1. The monoisotopic (exact) mass is 297 g/mol. The molecule has 0 spiro atoms. The maximum Gasteiger partial charge on any atom is 0.270 e. The van der Waals surface area contributed by atoms with Crippen molar-refractivity contribution in [3.8, 4) is 0 Å². The summed E-state index contributed by atoms with van der Waals surface area (Å²) in [4.78, 5) is 32.9. The highest BCUT2D eigenvalue weighted by Gasteiger charge is 2.16. The number of benzene rings is 1. The number of nitrogens with one attached hydrogen (secondary N) is 2. The van der Waals surface area contributed by atoms with Crippen molar-refractivity contribution in [2.45, 2.75) is 19.8 Å². The standard InChI is InChI=1S/C13H16FN3O4/c1-2-6-15-12(18)5-7-16-13(19)10-8-9(17(20)21)3-4-11(10)14/h3-4,8H,2,5-7H2,1H3,(H,15,18)(H,16,19). The van der Waals surface area contributed by atoms with Gasteiger partial charge < -0.3 is 10.6 Å². The predicted octanol–water partition coefficient (Wildman–Crippen LogP) is 1.38. The third-order valence-corrected chi connectivity index (χ3v) is 2.62. The van der Waals surface area contributed by atoms with E-state index >= 15 is 0 Å². The Morgan fingerprint density at radius 2 is 2.00 bits per heavy atom. The molecule has 0 aliphatic carbocycles. The van der Waals surface area contributed by atoms with Crippen LogP contribution in [0.2, 0.25) is 0 Å². The zero-order chi connectivity index (χ0) is 15.8. The third kappa shape index (κ3) is 5.17. The fourth-order valence-electron chi connectivity index (χ4n) is 1.54. The van der Waals surface area contributed by atoms with Gasteiger partial charge in [-0.3, -0.25) is 19.7 Å². The second-order valence-electron chi connectivity index (χ2n) is 4.28. The molecule has 0 aliphatic rings. The summed E-state index contributed by atoms with van der Waals surface area (Å²) >= 11 is 0. The van der Waals surface area contributed by atoms with Gasteiger partial charge in [0.15, 0.2) is 0 Å².